The van der Waals surface area contributed by atoms with Crippen LogP contribution < -0.4 is 9.47 Å². The van der Waals surface area contributed by atoms with Gasteiger partial charge in [0.05, 0.1) is 29.5 Å². The fourth-order valence-electron chi connectivity index (χ4n) is 3.81. The molecule has 0 saturated carbocycles. The van der Waals surface area contributed by atoms with Crippen LogP contribution in [0.5, 0.6) is 11.5 Å². The third-order valence-corrected chi connectivity index (χ3v) is 12.4. The maximum Gasteiger partial charge on any atom is 0.342 e. The summed E-state index contributed by atoms with van der Waals surface area (Å²) < 4.78 is 29.7. The second-order valence-electron chi connectivity index (χ2n) is 11.4. The quantitative estimate of drug-likeness (QED) is 0.0640. The predicted molar refractivity (Wildman–Crippen MR) is 166 cm³/mol. The minimum atomic E-state index is -2.15. The third-order valence-electron chi connectivity index (χ3n) is 6.85. The van der Waals surface area contributed by atoms with E-state index in [1.54, 1.807) is 6.92 Å². The molecule has 10 heteroatoms. The minimum Gasteiger partial charge on any atom is -0.481 e. The Balaban J connectivity index is 2.67. The van der Waals surface area contributed by atoms with Crippen LogP contribution in [0.4, 0.5) is 0 Å². The molecule has 0 bridgehead atoms. The number of ketones is 1. The van der Waals surface area contributed by atoms with Crippen molar-refractivity contribution in [2.24, 2.45) is 0 Å². The first-order chi connectivity index (χ1) is 18.5. The number of benzene rings is 1. The van der Waals surface area contributed by atoms with Gasteiger partial charge in [0.15, 0.2) is 19.9 Å². The Morgan fingerprint density at radius 1 is 1.02 bits per heavy atom. The van der Waals surface area contributed by atoms with Crippen LogP contribution in [0.2, 0.25) is 18.1 Å². The lowest BCUT2D eigenvalue weighted by Crippen LogP contribution is -2.48. The van der Waals surface area contributed by atoms with E-state index < -0.39 is 26.4 Å². The van der Waals surface area contributed by atoms with Crippen molar-refractivity contribution in [2.45, 2.75) is 84.7 Å². The van der Waals surface area contributed by atoms with Gasteiger partial charge in [-0.2, -0.15) is 0 Å². The van der Waals surface area contributed by atoms with E-state index in [9.17, 15) is 14.4 Å². The zero-order chi connectivity index (χ0) is 30.4. The maximum absolute atomic E-state index is 13.0. The topological polar surface area (TPSA) is 97.4 Å². The number of hydrogen-bond acceptors (Lipinski definition) is 8. The molecule has 0 unspecified atom stereocenters. The van der Waals surface area contributed by atoms with Crippen molar-refractivity contribution in [3.05, 3.63) is 56.4 Å². The maximum atomic E-state index is 13.0. The van der Waals surface area contributed by atoms with Crippen LogP contribution in [0.1, 0.15) is 75.1 Å². The van der Waals surface area contributed by atoms with E-state index in [-0.39, 0.29) is 39.6 Å². The zero-order valence-corrected chi connectivity index (χ0v) is 28.3. The number of halogens is 1. The molecule has 2 rings (SSSR count). The molecule has 1 aromatic rings. The van der Waals surface area contributed by atoms with Gasteiger partial charge in [-0.15, -0.1) is 0 Å². The Kier molecular flexibility index (Phi) is 11.8. The molecule has 0 aromatic heterocycles. The Hall–Kier alpha value is -2.44. The minimum absolute atomic E-state index is 0.0110. The van der Waals surface area contributed by atoms with Gasteiger partial charge in [-0.1, -0.05) is 32.4 Å². The molecule has 0 aliphatic heterocycles. The van der Waals surface area contributed by atoms with Gasteiger partial charge in [0.1, 0.15) is 23.2 Å². The lowest BCUT2D eigenvalue weighted by Gasteiger charge is -2.41. The van der Waals surface area contributed by atoms with E-state index >= 15 is 0 Å². The number of allylic oxidation sites excluding steroid dienone is 5. The number of rotatable bonds is 10. The van der Waals surface area contributed by atoms with E-state index in [1.165, 1.54) is 32.4 Å². The summed E-state index contributed by atoms with van der Waals surface area (Å²) in [4.78, 5) is 38.2. The number of carbonyl (C=O) groups excluding carboxylic acids is 3. The standard InChI is InChI=1S/C30H41IO8Si/c1-18(2)15-20(32)16-19(3)37-24-17-21(28(33)35-7)25(29(34)36-8)27(26(24)31)38-22-13-11-12-14-23(22)39-40(9,10)30(4,5)6/h11,13,15-17,22-23H,12,14H2,1-10H3/b19-16+/t22-,23-/m1/s1. The molecule has 1 aromatic carbocycles. The largest absolute Gasteiger partial charge is 0.481 e. The molecular formula is C30H41IO8Si. The molecule has 0 spiro atoms. The van der Waals surface area contributed by atoms with Gasteiger partial charge in [0.2, 0.25) is 0 Å². The molecule has 40 heavy (non-hydrogen) atoms. The zero-order valence-electron chi connectivity index (χ0n) is 25.1. The van der Waals surface area contributed by atoms with Gasteiger partial charge < -0.3 is 23.4 Å². The molecule has 1 aliphatic carbocycles. The summed E-state index contributed by atoms with van der Waals surface area (Å²) in [5.74, 6) is -1.11. The van der Waals surface area contributed by atoms with Crippen LogP contribution in [0.25, 0.3) is 0 Å². The summed E-state index contributed by atoms with van der Waals surface area (Å²) in [6, 6.07) is 1.40. The van der Waals surface area contributed by atoms with E-state index in [4.69, 9.17) is 23.4 Å². The van der Waals surface area contributed by atoms with E-state index in [0.717, 1.165) is 18.4 Å². The molecule has 0 N–H and O–H groups in total. The highest BCUT2D eigenvalue weighted by atomic mass is 127. The molecule has 8 nitrogen and oxygen atoms in total. The SMILES string of the molecule is COC(=O)c1cc(O/C(C)=C/C(=O)C=C(C)C)c(I)c(O[C@@H]2C=CCC[C@H]2O[Si](C)(C)C(C)(C)C)c1C(=O)OC. The highest BCUT2D eigenvalue weighted by molar-refractivity contribution is 14.1. The van der Waals surface area contributed by atoms with Gasteiger partial charge in [-0.05, 0) is 92.6 Å². The number of methoxy groups -OCH3 is 2. The monoisotopic (exact) mass is 684 g/mol. The van der Waals surface area contributed by atoms with Gasteiger partial charge >= 0.3 is 11.9 Å². The van der Waals surface area contributed by atoms with Crippen LogP contribution in [0, 0.1) is 3.57 Å². The first-order valence-corrected chi connectivity index (χ1v) is 17.1. The highest BCUT2D eigenvalue weighted by Crippen LogP contribution is 2.42. The second-order valence-corrected chi connectivity index (χ2v) is 17.2. The molecule has 0 heterocycles. The average molecular weight is 685 g/mol. The third kappa shape index (κ3) is 8.53. The van der Waals surface area contributed by atoms with Crippen molar-refractivity contribution in [3.63, 3.8) is 0 Å². The van der Waals surface area contributed by atoms with Crippen molar-refractivity contribution in [2.75, 3.05) is 14.2 Å². The van der Waals surface area contributed by atoms with E-state index in [2.05, 4.69) is 33.9 Å². The molecule has 220 valence electrons. The number of carbonyl (C=O) groups is 3. The summed E-state index contributed by atoms with van der Waals surface area (Å²) in [5.41, 5.74) is 0.702. The highest BCUT2D eigenvalue weighted by Gasteiger charge is 2.42. The smallest absolute Gasteiger partial charge is 0.342 e. The summed E-state index contributed by atoms with van der Waals surface area (Å²) in [6.07, 6.45) is 7.56. The molecular weight excluding hydrogens is 643 g/mol. The Morgan fingerprint density at radius 2 is 1.65 bits per heavy atom. The van der Waals surface area contributed by atoms with Crippen molar-refractivity contribution in [1.82, 2.24) is 0 Å². The summed E-state index contributed by atoms with van der Waals surface area (Å²) in [6.45, 7) is 16.2. The van der Waals surface area contributed by atoms with Gasteiger partial charge in [0, 0.05) is 6.08 Å². The summed E-state index contributed by atoms with van der Waals surface area (Å²) >= 11 is 2.01. The average Bonchev–Trinajstić information content (AvgIpc) is 2.84. The first-order valence-electron chi connectivity index (χ1n) is 13.1. The number of hydrogen-bond donors (Lipinski definition) is 0. The normalized spacial score (nSPS) is 17.6. The molecule has 0 amide bonds. The molecule has 2 atom stereocenters. The van der Waals surface area contributed by atoms with Gasteiger partial charge in [0.25, 0.3) is 0 Å². The van der Waals surface area contributed by atoms with Crippen LogP contribution in [-0.2, 0) is 18.7 Å². The molecule has 0 saturated heterocycles. The molecule has 0 radical (unpaired) electrons. The Bertz CT molecular complexity index is 1220. The number of esters is 2. The Morgan fingerprint density at radius 3 is 2.20 bits per heavy atom. The van der Waals surface area contributed by atoms with Crippen LogP contribution in [-0.4, -0.2) is 52.5 Å². The van der Waals surface area contributed by atoms with Crippen LogP contribution >= 0.6 is 22.6 Å². The van der Waals surface area contributed by atoms with Crippen molar-refractivity contribution >= 4 is 48.6 Å². The summed E-state index contributed by atoms with van der Waals surface area (Å²) in [7, 11) is 0.301. The predicted octanol–water partition coefficient (Wildman–Crippen LogP) is 7.17. The fraction of sp³-hybridized carbons (Fsp3) is 0.500. The second kappa shape index (κ2) is 14.0. The summed E-state index contributed by atoms with van der Waals surface area (Å²) in [5, 5.41) is -0.0110. The van der Waals surface area contributed by atoms with E-state index in [1.807, 2.05) is 48.6 Å². The molecule has 1 aliphatic rings. The fourth-order valence-corrected chi connectivity index (χ4v) is 5.84. The van der Waals surface area contributed by atoms with Crippen molar-refractivity contribution in [1.29, 1.82) is 0 Å². The Labute approximate surface area is 252 Å². The first kappa shape index (κ1) is 33.8. The van der Waals surface area contributed by atoms with Crippen LogP contribution in [0.15, 0.2) is 41.7 Å². The van der Waals surface area contributed by atoms with Gasteiger partial charge in [-0.3, -0.25) is 4.79 Å². The van der Waals surface area contributed by atoms with Crippen molar-refractivity contribution < 1.29 is 37.8 Å². The lowest BCUT2D eigenvalue weighted by molar-refractivity contribution is -0.110. The number of ether oxygens (including phenoxy) is 4. The molecule has 0 fully saturated rings. The lowest BCUT2D eigenvalue weighted by atomic mass is 10.0. The van der Waals surface area contributed by atoms with Crippen molar-refractivity contribution in [3.8, 4) is 11.5 Å². The van der Waals surface area contributed by atoms with Crippen LogP contribution in [0.3, 0.4) is 0 Å². The van der Waals surface area contributed by atoms with Gasteiger partial charge in [-0.25, -0.2) is 9.59 Å². The van der Waals surface area contributed by atoms with E-state index in [0.29, 0.717) is 9.33 Å².